The van der Waals surface area contributed by atoms with E-state index in [1.807, 2.05) is 6.92 Å². The summed E-state index contributed by atoms with van der Waals surface area (Å²) in [6, 6.07) is 7.32. The van der Waals surface area contributed by atoms with E-state index in [9.17, 15) is 13.2 Å². The Kier molecular flexibility index (Phi) is 2.79. The molecule has 0 unspecified atom stereocenters. The van der Waals surface area contributed by atoms with Gasteiger partial charge in [0.05, 0.1) is 11.4 Å². The first kappa shape index (κ1) is 11.5. The summed E-state index contributed by atoms with van der Waals surface area (Å²) in [4.78, 5) is 0. The number of nitrogens with zero attached hydrogens (tertiary/aromatic N) is 2. The summed E-state index contributed by atoms with van der Waals surface area (Å²) < 4.78 is 41.1. The van der Waals surface area contributed by atoms with Crippen LogP contribution in [0.1, 0.15) is 5.69 Å². The highest BCUT2D eigenvalue weighted by molar-refractivity contribution is 5.36. The highest BCUT2D eigenvalue weighted by Crippen LogP contribution is 2.23. The quantitative estimate of drug-likeness (QED) is 0.809. The van der Waals surface area contributed by atoms with Crippen LogP contribution in [0.25, 0.3) is 5.69 Å². The SMILES string of the molecule is Cc1ccn(-c2ccc(OC(F)(F)F)cc2)n1. The molecule has 3 nitrogen and oxygen atoms in total. The van der Waals surface area contributed by atoms with Crippen molar-refractivity contribution in [3.05, 3.63) is 42.2 Å². The minimum Gasteiger partial charge on any atom is -0.406 e. The van der Waals surface area contributed by atoms with Crippen LogP contribution in [0.5, 0.6) is 5.75 Å². The van der Waals surface area contributed by atoms with E-state index in [-0.39, 0.29) is 5.75 Å². The minimum atomic E-state index is -4.66. The van der Waals surface area contributed by atoms with Gasteiger partial charge >= 0.3 is 6.36 Å². The van der Waals surface area contributed by atoms with Crippen LogP contribution in [-0.4, -0.2) is 16.1 Å². The van der Waals surface area contributed by atoms with Crippen LogP contribution in [0.2, 0.25) is 0 Å². The van der Waals surface area contributed by atoms with Gasteiger partial charge in [-0.1, -0.05) is 0 Å². The highest BCUT2D eigenvalue weighted by Gasteiger charge is 2.30. The number of alkyl halides is 3. The van der Waals surface area contributed by atoms with Crippen LogP contribution in [0, 0.1) is 6.92 Å². The molecule has 2 aromatic rings. The summed E-state index contributed by atoms with van der Waals surface area (Å²) in [5.41, 5.74) is 1.51. The van der Waals surface area contributed by atoms with Gasteiger partial charge in [0.1, 0.15) is 5.75 Å². The number of aromatic nitrogens is 2. The van der Waals surface area contributed by atoms with E-state index in [1.165, 1.54) is 24.3 Å². The molecule has 2 rings (SSSR count). The molecule has 0 saturated heterocycles. The number of benzene rings is 1. The minimum absolute atomic E-state index is 0.245. The standard InChI is InChI=1S/C11H9F3N2O/c1-8-6-7-16(15-8)9-2-4-10(5-3-9)17-11(12,13)14/h2-7H,1H3. The topological polar surface area (TPSA) is 27.1 Å². The molecule has 0 amide bonds. The molecule has 0 atom stereocenters. The second-order valence-electron chi connectivity index (χ2n) is 3.44. The van der Waals surface area contributed by atoms with Crippen LogP contribution in [0.15, 0.2) is 36.5 Å². The Bertz CT molecular complexity index is 502. The summed E-state index contributed by atoms with van der Waals surface area (Å²) in [5.74, 6) is -0.245. The van der Waals surface area contributed by atoms with Gasteiger partial charge in [-0.2, -0.15) is 5.10 Å². The number of halogens is 3. The molecule has 0 aliphatic rings. The Morgan fingerprint density at radius 3 is 2.24 bits per heavy atom. The van der Waals surface area contributed by atoms with Crippen molar-refractivity contribution in [2.24, 2.45) is 0 Å². The lowest BCUT2D eigenvalue weighted by Gasteiger charge is -2.09. The van der Waals surface area contributed by atoms with Crippen molar-refractivity contribution in [3.8, 4) is 11.4 Å². The first-order valence-electron chi connectivity index (χ1n) is 4.82. The van der Waals surface area contributed by atoms with Crippen LogP contribution in [0.3, 0.4) is 0 Å². The van der Waals surface area contributed by atoms with Crippen molar-refractivity contribution in [1.29, 1.82) is 0 Å². The number of rotatable bonds is 2. The predicted octanol–water partition coefficient (Wildman–Crippen LogP) is 3.08. The Morgan fingerprint density at radius 1 is 1.12 bits per heavy atom. The third-order valence-electron chi connectivity index (χ3n) is 2.06. The molecule has 0 spiro atoms. The molecule has 0 aliphatic carbocycles. The van der Waals surface area contributed by atoms with Gasteiger partial charge in [-0.15, -0.1) is 13.2 Å². The van der Waals surface area contributed by atoms with Crippen molar-refractivity contribution >= 4 is 0 Å². The summed E-state index contributed by atoms with van der Waals surface area (Å²) in [5, 5.41) is 4.14. The highest BCUT2D eigenvalue weighted by atomic mass is 19.4. The van der Waals surface area contributed by atoms with Gasteiger partial charge in [0.25, 0.3) is 0 Å². The van der Waals surface area contributed by atoms with Crippen molar-refractivity contribution in [2.75, 3.05) is 0 Å². The lowest BCUT2D eigenvalue weighted by atomic mass is 10.3. The average Bonchev–Trinajstić information content (AvgIpc) is 2.63. The third-order valence-corrected chi connectivity index (χ3v) is 2.06. The Hall–Kier alpha value is -1.98. The van der Waals surface area contributed by atoms with Crippen LogP contribution in [0.4, 0.5) is 13.2 Å². The van der Waals surface area contributed by atoms with Crippen molar-refractivity contribution in [1.82, 2.24) is 9.78 Å². The Balaban J connectivity index is 2.19. The van der Waals surface area contributed by atoms with E-state index in [1.54, 1.807) is 16.9 Å². The van der Waals surface area contributed by atoms with Gasteiger partial charge in [0.15, 0.2) is 0 Å². The van der Waals surface area contributed by atoms with Gasteiger partial charge < -0.3 is 4.74 Å². The monoisotopic (exact) mass is 242 g/mol. The first-order chi connectivity index (χ1) is 7.94. The van der Waals surface area contributed by atoms with E-state index in [0.29, 0.717) is 5.69 Å². The Morgan fingerprint density at radius 2 is 1.76 bits per heavy atom. The summed E-state index contributed by atoms with van der Waals surface area (Å²) in [7, 11) is 0. The number of aryl methyl sites for hydroxylation is 1. The first-order valence-corrected chi connectivity index (χ1v) is 4.82. The molecule has 1 aromatic heterocycles. The maximum atomic E-state index is 11.9. The maximum Gasteiger partial charge on any atom is 0.573 e. The van der Waals surface area contributed by atoms with E-state index >= 15 is 0 Å². The Labute approximate surface area is 95.4 Å². The molecule has 0 bridgehead atoms. The fourth-order valence-electron chi connectivity index (χ4n) is 1.36. The lowest BCUT2D eigenvalue weighted by molar-refractivity contribution is -0.274. The molecule has 90 valence electrons. The number of ether oxygens (including phenoxy) is 1. The molecule has 0 saturated carbocycles. The van der Waals surface area contributed by atoms with Crippen molar-refractivity contribution in [2.45, 2.75) is 13.3 Å². The molecule has 0 fully saturated rings. The molecule has 0 N–H and O–H groups in total. The molecule has 6 heteroatoms. The molecular formula is C11H9F3N2O. The van der Waals surface area contributed by atoms with E-state index < -0.39 is 6.36 Å². The van der Waals surface area contributed by atoms with Gasteiger partial charge in [0.2, 0.25) is 0 Å². The van der Waals surface area contributed by atoms with Gasteiger partial charge in [0, 0.05) is 6.20 Å². The van der Waals surface area contributed by atoms with Crippen molar-refractivity contribution in [3.63, 3.8) is 0 Å². The molecule has 0 aliphatic heterocycles. The second kappa shape index (κ2) is 4.12. The third kappa shape index (κ3) is 2.99. The largest absolute Gasteiger partial charge is 0.573 e. The normalized spacial score (nSPS) is 11.5. The summed E-state index contributed by atoms with van der Waals surface area (Å²) in [6.07, 6.45) is -2.93. The summed E-state index contributed by atoms with van der Waals surface area (Å²) in [6.45, 7) is 1.83. The van der Waals surface area contributed by atoms with Gasteiger partial charge in [-0.25, -0.2) is 4.68 Å². The smallest absolute Gasteiger partial charge is 0.406 e. The average molecular weight is 242 g/mol. The molecule has 1 heterocycles. The lowest BCUT2D eigenvalue weighted by Crippen LogP contribution is -2.17. The zero-order valence-corrected chi connectivity index (χ0v) is 8.90. The molecule has 1 aromatic carbocycles. The maximum absolute atomic E-state index is 11.9. The van der Waals surface area contributed by atoms with Crippen LogP contribution >= 0.6 is 0 Å². The molecule has 0 radical (unpaired) electrons. The van der Waals surface area contributed by atoms with E-state index in [2.05, 4.69) is 9.84 Å². The fourth-order valence-corrected chi connectivity index (χ4v) is 1.36. The van der Waals surface area contributed by atoms with Crippen LogP contribution < -0.4 is 4.74 Å². The van der Waals surface area contributed by atoms with E-state index in [4.69, 9.17) is 0 Å². The number of hydrogen-bond acceptors (Lipinski definition) is 2. The number of hydrogen-bond donors (Lipinski definition) is 0. The van der Waals surface area contributed by atoms with Gasteiger partial charge in [-0.05, 0) is 37.3 Å². The summed E-state index contributed by atoms with van der Waals surface area (Å²) >= 11 is 0. The molecule has 17 heavy (non-hydrogen) atoms. The second-order valence-corrected chi connectivity index (χ2v) is 3.44. The fraction of sp³-hybridized carbons (Fsp3) is 0.182. The zero-order chi connectivity index (χ0) is 12.5. The van der Waals surface area contributed by atoms with Crippen molar-refractivity contribution < 1.29 is 17.9 Å². The van der Waals surface area contributed by atoms with E-state index in [0.717, 1.165) is 5.69 Å². The predicted molar refractivity (Wildman–Crippen MR) is 55.0 cm³/mol. The van der Waals surface area contributed by atoms with Crippen LogP contribution in [-0.2, 0) is 0 Å². The van der Waals surface area contributed by atoms with Gasteiger partial charge in [-0.3, -0.25) is 0 Å². The molecular weight excluding hydrogens is 233 g/mol. The zero-order valence-electron chi connectivity index (χ0n) is 8.90.